The van der Waals surface area contributed by atoms with E-state index < -0.39 is 0 Å². The maximum atomic E-state index is 11.7. The van der Waals surface area contributed by atoms with E-state index in [0.717, 1.165) is 31.2 Å². The fourth-order valence-electron chi connectivity index (χ4n) is 2.35. The fraction of sp³-hybridized carbons (Fsp3) is 0.438. The summed E-state index contributed by atoms with van der Waals surface area (Å²) in [6, 6.07) is 7.63. The van der Waals surface area contributed by atoms with Crippen LogP contribution in [-0.2, 0) is 0 Å². The molecule has 0 radical (unpaired) electrons. The van der Waals surface area contributed by atoms with Gasteiger partial charge in [0.05, 0.1) is 0 Å². The average molecular weight is 273 g/mol. The van der Waals surface area contributed by atoms with Gasteiger partial charge >= 0.3 is 0 Å². The van der Waals surface area contributed by atoms with Crippen molar-refractivity contribution in [2.75, 3.05) is 31.5 Å². The standard InChI is InChI=1S/C16H23N3O/c1-2-9-18-16(20)14-3-5-15(6-4-14)19-12-13-7-10-17-11-8-13/h2-6,13,17,19H,1,7-12H2,(H,18,20). The van der Waals surface area contributed by atoms with Crippen LogP contribution in [0.1, 0.15) is 23.2 Å². The molecule has 0 aromatic heterocycles. The Morgan fingerprint density at radius 3 is 2.65 bits per heavy atom. The summed E-state index contributed by atoms with van der Waals surface area (Å²) in [5, 5.41) is 9.59. The van der Waals surface area contributed by atoms with E-state index in [1.54, 1.807) is 6.08 Å². The van der Waals surface area contributed by atoms with E-state index in [0.29, 0.717) is 12.1 Å². The normalized spacial score (nSPS) is 15.6. The van der Waals surface area contributed by atoms with Crippen molar-refractivity contribution in [3.63, 3.8) is 0 Å². The molecule has 1 aromatic rings. The summed E-state index contributed by atoms with van der Waals surface area (Å²) < 4.78 is 0. The van der Waals surface area contributed by atoms with Crippen molar-refractivity contribution in [1.29, 1.82) is 0 Å². The van der Waals surface area contributed by atoms with Gasteiger partial charge in [-0.3, -0.25) is 4.79 Å². The highest BCUT2D eigenvalue weighted by molar-refractivity contribution is 5.94. The molecule has 1 fully saturated rings. The Bertz CT molecular complexity index is 436. The molecular weight excluding hydrogens is 250 g/mol. The zero-order valence-electron chi connectivity index (χ0n) is 11.8. The Kier molecular flexibility index (Phi) is 5.62. The van der Waals surface area contributed by atoms with Gasteiger partial charge in [0.15, 0.2) is 0 Å². The summed E-state index contributed by atoms with van der Waals surface area (Å²) in [4.78, 5) is 11.7. The van der Waals surface area contributed by atoms with Crippen LogP contribution in [0, 0.1) is 5.92 Å². The highest BCUT2D eigenvalue weighted by Gasteiger charge is 2.12. The lowest BCUT2D eigenvalue weighted by atomic mass is 9.98. The molecule has 1 heterocycles. The SMILES string of the molecule is C=CCNC(=O)c1ccc(NCC2CCNCC2)cc1. The van der Waals surface area contributed by atoms with Crippen molar-refractivity contribution in [2.24, 2.45) is 5.92 Å². The van der Waals surface area contributed by atoms with Crippen LogP contribution in [0.2, 0.25) is 0 Å². The lowest BCUT2D eigenvalue weighted by Gasteiger charge is -2.23. The smallest absolute Gasteiger partial charge is 0.251 e. The van der Waals surface area contributed by atoms with E-state index in [-0.39, 0.29) is 5.91 Å². The molecule has 0 atom stereocenters. The molecule has 4 heteroatoms. The van der Waals surface area contributed by atoms with Crippen LogP contribution < -0.4 is 16.0 Å². The quantitative estimate of drug-likeness (QED) is 0.695. The van der Waals surface area contributed by atoms with Gasteiger partial charge in [-0.1, -0.05) is 6.08 Å². The Labute approximate surface area is 120 Å². The highest BCUT2D eigenvalue weighted by atomic mass is 16.1. The zero-order chi connectivity index (χ0) is 14.2. The topological polar surface area (TPSA) is 53.2 Å². The molecule has 0 saturated carbocycles. The van der Waals surface area contributed by atoms with Crippen LogP contribution in [0.15, 0.2) is 36.9 Å². The van der Waals surface area contributed by atoms with Gasteiger partial charge < -0.3 is 16.0 Å². The molecule has 0 aliphatic carbocycles. The zero-order valence-corrected chi connectivity index (χ0v) is 11.8. The number of nitrogens with one attached hydrogen (secondary N) is 3. The van der Waals surface area contributed by atoms with Crippen LogP contribution in [0.4, 0.5) is 5.69 Å². The van der Waals surface area contributed by atoms with Gasteiger partial charge in [0.1, 0.15) is 0 Å². The molecule has 4 nitrogen and oxygen atoms in total. The summed E-state index contributed by atoms with van der Waals surface area (Å²) in [6.45, 7) is 7.32. The van der Waals surface area contributed by atoms with E-state index in [1.165, 1.54) is 12.8 Å². The molecule has 1 amide bonds. The van der Waals surface area contributed by atoms with Crippen LogP contribution in [0.5, 0.6) is 0 Å². The van der Waals surface area contributed by atoms with E-state index >= 15 is 0 Å². The summed E-state index contributed by atoms with van der Waals surface area (Å²) >= 11 is 0. The number of carbonyl (C=O) groups excluding carboxylic acids is 1. The van der Waals surface area contributed by atoms with Gasteiger partial charge in [-0.25, -0.2) is 0 Å². The Morgan fingerprint density at radius 1 is 1.30 bits per heavy atom. The third-order valence-electron chi connectivity index (χ3n) is 3.61. The number of rotatable bonds is 6. The van der Waals surface area contributed by atoms with Crippen molar-refractivity contribution < 1.29 is 4.79 Å². The van der Waals surface area contributed by atoms with E-state index in [2.05, 4.69) is 22.5 Å². The number of anilines is 1. The Hall–Kier alpha value is -1.81. The lowest BCUT2D eigenvalue weighted by molar-refractivity contribution is 0.0958. The number of carbonyl (C=O) groups is 1. The minimum atomic E-state index is -0.0604. The molecule has 0 unspecified atom stereocenters. The first kappa shape index (κ1) is 14.6. The molecule has 1 aliphatic rings. The molecule has 1 aromatic carbocycles. The average Bonchev–Trinajstić information content (AvgIpc) is 2.52. The number of amides is 1. The molecular formula is C16H23N3O. The van der Waals surface area contributed by atoms with Crippen LogP contribution in [0.25, 0.3) is 0 Å². The highest BCUT2D eigenvalue weighted by Crippen LogP contribution is 2.14. The van der Waals surface area contributed by atoms with Crippen molar-refractivity contribution in [1.82, 2.24) is 10.6 Å². The number of benzene rings is 1. The van der Waals surface area contributed by atoms with Gasteiger partial charge in [-0.2, -0.15) is 0 Å². The van der Waals surface area contributed by atoms with Crippen molar-refractivity contribution in [3.05, 3.63) is 42.5 Å². The molecule has 0 bridgehead atoms. The van der Waals surface area contributed by atoms with Gasteiger partial charge in [0.25, 0.3) is 5.91 Å². The molecule has 0 spiro atoms. The summed E-state index contributed by atoms with van der Waals surface area (Å²) in [5.41, 5.74) is 1.75. The molecule has 2 rings (SSSR count). The van der Waals surface area contributed by atoms with Crippen LogP contribution in [-0.4, -0.2) is 32.1 Å². The van der Waals surface area contributed by atoms with Gasteiger partial charge in [-0.15, -0.1) is 6.58 Å². The number of hydrogen-bond acceptors (Lipinski definition) is 3. The third-order valence-corrected chi connectivity index (χ3v) is 3.61. The molecule has 3 N–H and O–H groups in total. The Morgan fingerprint density at radius 2 is 2.00 bits per heavy atom. The second-order valence-corrected chi connectivity index (χ2v) is 5.15. The van der Waals surface area contributed by atoms with E-state index in [1.807, 2.05) is 24.3 Å². The summed E-state index contributed by atoms with van der Waals surface area (Å²) in [5.74, 6) is 0.682. The van der Waals surface area contributed by atoms with Gasteiger partial charge in [0.2, 0.25) is 0 Å². The molecule has 20 heavy (non-hydrogen) atoms. The van der Waals surface area contributed by atoms with Gasteiger partial charge in [0, 0.05) is 24.3 Å². The summed E-state index contributed by atoms with van der Waals surface area (Å²) in [7, 11) is 0. The molecule has 1 saturated heterocycles. The monoisotopic (exact) mass is 273 g/mol. The number of hydrogen-bond donors (Lipinski definition) is 3. The predicted molar refractivity (Wildman–Crippen MR) is 83.1 cm³/mol. The third kappa shape index (κ3) is 4.38. The minimum Gasteiger partial charge on any atom is -0.385 e. The second-order valence-electron chi connectivity index (χ2n) is 5.15. The predicted octanol–water partition coefficient (Wildman–Crippen LogP) is 2.01. The van der Waals surface area contributed by atoms with Gasteiger partial charge in [-0.05, 0) is 56.1 Å². The number of piperidine rings is 1. The van der Waals surface area contributed by atoms with Crippen molar-refractivity contribution in [3.8, 4) is 0 Å². The lowest BCUT2D eigenvalue weighted by Crippen LogP contribution is -2.31. The van der Waals surface area contributed by atoms with Crippen molar-refractivity contribution in [2.45, 2.75) is 12.8 Å². The summed E-state index contributed by atoms with van der Waals surface area (Å²) in [6.07, 6.45) is 4.14. The second kappa shape index (κ2) is 7.70. The van der Waals surface area contributed by atoms with E-state index in [4.69, 9.17) is 0 Å². The first-order chi connectivity index (χ1) is 9.79. The first-order valence-corrected chi connectivity index (χ1v) is 7.23. The Balaban J connectivity index is 1.81. The van der Waals surface area contributed by atoms with Crippen LogP contribution in [0.3, 0.4) is 0 Å². The first-order valence-electron chi connectivity index (χ1n) is 7.23. The minimum absolute atomic E-state index is 0.0604. The maximum absolute atomic E-state index is 11.7. The fourth-order valence-corrected chi connectivity index (χ4v) is 2.35. The molecule has 108 valence electrons. The molecule has 1 aliphatic heterocycles. The maximum Gasteiger partial charge on any atom is 0.251 e. The largest absolute Gasteiger partial charge is 0.385 e. The van der Waals surface area contributed by atoms with E-state index in [9.17, 15) is 4.79 Å². The van der Waals surface area contributed by atoms with Crippen LogP contribution >= 0.6 is 0 Å². The van der Waals surface area contributed by atoms with Crippen molar-refractivity contribution >= 4 is 11.6 Å².